The summed E-state index contributed by atoms with van der Waals surface area (Å²) in [7, 11) is 1.85. The van der Waals surface area contributed by atoms with E-state index in [1.165, 1.54) is 0 Å². The topological polar surface area (TPSA) is 60.0 Å². The van der Waals surface area contributed by atoms with Gasteiger partial charge in [-0.25, -0.2) is 0 Å². The van der Waals surface area contributed by atoms with Crippen LogP contribution in [-0.2, 0) is 13.6 Å². The third kappa shape index (κ3) is 3.47. The lowest BCUT2D eigenvalue weighted by molar-refractivity contribution is 0.0943. The predicted octanol–water partition coefficient (Wildman–Crippen LogP) is 1.33. The highest BCUT2D eigenvalue weighted by molar-refractivity contribution is 7.10. The van der Waals surface area contributed by atoms with Crippen LogP contribution in [0.25, 0.3) is 0 Å². The molecule has 0 spiro atoms. The fourth-order valence-corrected chi connectivity index (χ4v) is 2.40. The van der Waals surface area contributed by atoms with Gasteiger partial charge in [0.15, 0.2) is 0 Å². The summed E-state index contributed by atoms with van der Waals surface area (Å²) in [5.41, 5.74) is 6.92. The molecule has 0 atom stereocenters. The van der Waals surface area contributed by atoms with Gasteiger partial charge in [-0.2, -0.15) is 0 Å². The monoisotopic (exact) mass is 273 g/mol. The highest BCUT2D eigenvalue weighted by atomic mass is 32.1. The molecule has 0 saturated carbocycles. The lowest BCUT2D eigenvalue weighted by Crippen LogP contribution is -2.24. The minimum atomic E-state index is -0.0736. The van der Waals surface area contributed by atoms with E-state index in [2.05, 4.69) is 17.2 Å². The van der Waals surface area contributed by atoms with E-state index in [0.29, 0.717) is 18.8 Å². The molecule has 1 amide bonds. The van der Waals surface area contributed by atoms with Gasteiger partial charge in [-0.1, -0.05) is 11.8 Å². The molecule has 3 N–H and O–H groups in total. The second kappa shape index (κ2) is 6.23. The van der Waals surface area contributed by atoms with Crippen molar-refractivity contribution in [1.82, 2.24) is 9.88 Å². The summed E-state index contributed by atoms with van der Waals surface area (Å²) < 4.78 is 1.79. The number of aromatic nitrogens is 1. The zero-order valence-corrected chi connectivity index (χ0v) is 11.5. The smallest absolute Gasteiger partial charge is 0.268 e. The quantitative estimate of drug-likeness (QED) is 0.829. The Hall–Kier alpha value is -2.03. The number of aryl methyl sites for hydroxylation is 1. The molecule has 2 heterocycles. The van der Waals surface area contributed by atoms with E-state index in [0.717, 1.165) is 10.4 Å². The molecule has 0 aliphatic heterocycles. The Balaban J connectivity index is 1.94. The van der Waals surface area contributed by atoms with Crippen LogP contribution >= 0.6 is 11.3 Å². The molecule has 5 heteroatoms. The predicted molar refractivity (Wildman–Crippen MR) is 76.8 cm³/mol. The van der Waals surface area contributed by atoms with Crippen molar-refractivity contribution in [2.45, 2.75) is 6.54 Å². The van der Waals surface area contributed by atoms with E-state index in [1.54, 1.807) is 22.0 Å². The van der Waals surface area contributed by atoms with E-state index in [-0.39, 0.29) is 5.91 Å². The molecule has 0 radical (unpaired) electrons. The fraction of sp³-hybridized carbons (Fsp3) is 0.214. The number of thiophene rings is 1. The normalized spacial score (nSPS) is 9.79. The minimum absolute atomic E-state index is 0.0736. The molecule has 0 aliphatic rings. The average molecular weight is 273 g/mol. The summed E-state index contributed by atoms with van der Waals surface area (Å²) in [4.78, 5) is 13.0. The largest absolute Gasteiger partial charge is 0.347 e. The SMILES string of the molecule is Cn1cccc1C(=O)NCc1cc(C#CCN)cs1. The summed E-state index contributed by atoms with van der Waals surface area (Å²) in [6.07, 6.45) is 1.85. The zero-order valence-electron chi connectivity index (χ0n) is 10.6. The maximum Gasteiger partial charge on any atom is 0.268 e. The van der Waals surface area contributed by atoms with Crippen LogP contribution < -0.4 is 11.1 Å². The van der Waals surface area contributed by atoms with Gasteiger partial charge in [0.05, 0.1) is 13.1 Å². The van der Waals surface area contributed by atoms with Gasteiger partial charge < -0.3 is 15.6 Å². The molecular weight excluding hydrogens is 258 g/mol. The van der Waals surface area contributed by atoms with Crippen LogP contribution in [-0.4, -0.2) is 17.0 Å². The van der Waals surface area contributed by atoms with Crippen molar-refractivity contribution in [2.75, 3.05) is 6.54 Å². The van der Waals surface area contributed by atoms with E-state index in [4.69, 9.17) is 5.73 Å². The lowest BCUT2D eigenvalue weighted by Gasteiger charge is -2.04. The Morgan fingerprint density at radius 1 is 1.58 bits per heavy atom. The number of nitrogens with one attached hydrogen (secondary N) is 1. The van der Waals surface area contributed by atoms with Crippen LogP contribution in [0.5, 0.6) is 0 Å². The van der Waals surface area contributed by atoms with Crippen LogP contribution in [0.15, 0.2) is 29.8 Å². The van der Waals surface area contributed by atoms with Crippen LogP contribution in [0.2, 0.25) is 0 Å². The maximum absolute atomic E-state index is 11.9. The van der Waals surface area contributed by atoms with Crippen molar-refractivity contribution in [2.24, 2.45) is 12.8 Å². The zero-order chi connectivity index (χ0) is 13.7. The van der Waals surface area contributed by atoms with Gasteiger partial charge in [0.1, 0.15) is 5.69 Å². The molecule has 2 aromatic heterocycles. The summed E-state index contributed by atoms with van der Waals surface area (Å²) >= 11 is 1.58. The summed E-state index contributed by atoms with van der Waals surface area (Å²) in [5, 5.41) is 4.85. The van der Waals surface area contributed by atoms with Crippen molar-refractivity contribution in [1.29, 1.82) is 0 Å². The highest BCUT2D eigenvalue weighted by Crippen LogP contribution is 2.13. The van der Waals surface area contributed by atoms with Gasteiger partial charge in [0.25, 0.3) is 5.91 Å². The second-order valence-electron chi connectivity index (χ2n) is 3.99. The molecule has 0 fully saturated rings. The molecule has 0 bridgehead atoms. The molecule has 4 nitrogen and oxygen atoms in total. The molecule has 0 aromatic carbocycles. The Morgan fingerprint density at radius 3 is 3.11 bits per heavy atom. The molecule has 0 saturated heterocycles. The Kier molecular flexibility index (Phi) is 4.39. The summed E-state index contributed by atoms with van der Waals surface area (Å²) in [6, 6.07) is 5.61. The maximum atomic E-state index is 11.9. The summed E-state index contributed by atoms with van der Waals surface area (Å²) in [6.45, 7) is 0.869. The Bertz CT molecular complexity index is 630. The van der Waals surface area contributed by atoms with Gasteiger partial charge in [-0.05, 0) is 18.2 Å². The number of hydrogen-bond donors (Lipinski definition) is 2. The van der Waals surface area contributed by atoms with Gasteiger partial charge in [-0.15, -0.1) is 11.3 Å². The van der Waals surface area contributed by atoms with Crippen molar-refractivity contribution in [3.63, 3.8) is 0 Å². The van der Waals surface area contributed by atoms with E-state index in [9.17, 15) is 4.79 Å². The van der Waals surface area contributed by atoms with Gasteiger partial charge in [0.2, 0.25) is 0 Å². The number of amides is 1. The van der Waals surface area contributed by atoms with Gasteiger partial charge >= 0.3 is 0 Å². The van der Waals surface area contributed by atoms with Gasteiger partial charge in [0, 0.05) is 29.1 Å². The number of nitrogens with zero attached hydrogens (tertiary/aromatic N) is 1. The van der Waals surface area contributed by atoms with E-state index >= 15 is 0 Å². The van der Waals surface area contributed by atoms with Crippen LogP contribution in [0.3, 0.4) is 0 Å². The first kappa shape index (κ1) is 13.4. The van der Waals surface area contributed by atoms with Crippen LogP contribution in [0.1, 0.15) is 20.9 Å². The molecule has 19 heavy (non-hydrogen) atoms. The molecule has 2 rings (SSSR count). The van der Waals surface area contributed by atoms with Crippen molar-refractivity contribution in [3.05, 3.63) is 45.9 Å². The van der Waals surface area contributed by atoms with E-state index < -0.39 is 0 Å². The molecule has 2 aromatic rings. The second-order valence-corrected chi connectivity index (χ2v) is 4.99. The Labute approximate surface area is 116 Å². The molecular formula is C14H15N3OS. The Morgan fingerprint density at radius 2 is 2.42 bits per heavy atom. The van der Waals surface area contributed by atoms with Crippen molar-refractivity contribution >= 4 is 17.2 Å². The van der Waals surface area contributed by atoms with Crippen molar-refractivity contribution in [3.8, 4) is 11.8 Å². The van der Waals surface area contributed by atoms with Crippen LogP contribution in [0.4, 0.5) is 0 Å². The number of hydrogen-bond acceptors (Lipinski definition) is 3. The van der Waals surface area contributed by atoms with Gasteiger partial charge in [-0.3, -0.25) is 4.79 Å². The molecule has 0 aliphatic carbocycles. The number of carbonyl (C=O) groups excluding carboxylic acids is 1. The minimum Gasteiger partial charge on any atom is -0.347 e. The third-order valence-electron chi connectivity index (χ3n) is 2.59. The molecule has 0 unspecified atom stereocenters. The van der Waals surface area contributed by atoms with Crippen LogP contribution in [0, 0.1) is 11.8 Å². The first-order chi connectivity index (χ1) is 9.20. The fourth-order valence-electron chi connectivity index (χ4n) is 1.65. The summed E-state index contributed by atoms with van der Waals surface area (Å²) in [5.74, 6) is 5.70. The van der Waals surface area contributed by atoms with E-state index in [1.807, 2.05) is 30.8 Å². The average Bonchev–Trinajstić information content (AvgIpc) is 3.02. The highest BCUT2D eigenvalue weighted by Gasteiger charge is 2.08. The molecule has 98 valence electrons. The van der Waals surface area contributed by atoms with Crippen molar-refractivity contribution < 1.29 is 4.79 Å². The lowest BCUT2D eigenvalue weighted by atomic mass is 10.3. The number of carbonyl (C=O) groups is 1. The number of nitrogens with two attached hydrogens (primary N) is 1. The third-order valence-corrected chi connectivity index (χ3v) is 3.52. The first-order valence-corrected chi connectivity index (χ1v) is 6.74. The standard InChI is InChI=1S/C14H15N3OS/c1-17-7-3-5-13(17)14(18)16-9-12-8-11(10-19-12)4-2-6-15/h3,5,7-8,10H,6,9,15H2,1H3,(H,16,18). The first-order valence-electron chi connectivity index (χ1n) is 5.86. The number of rotatable bonds is 3.